The quantitative estimate of drug-likeness (QED) is 0.690. The van der Waals surface area contributed by atoms with Crippen LogP contribution >= 0.6 is 0 Å². The van der Waals surface area contributed by atoms with Crippen molar-refractivity contribution in [2.45, 2.75) is 26.7 Å². The van der Waals surface area contributed by atoms with Crippen molar-refractivity contribution >= 4 is 11.9 Å². The number of nitrogens with zero attached hydrogens (tertiary/aromatic N) is 1. The fraction of sp³-hybridized carbons (Fsp3) is 0.818. The van der Waals surface area contributed by atoms with Crippen LogP contribution in [-0.2, 0) is 9.53 Å². The third-order valence-corrected chi connectivity index (χ3v) is 2.61. The fourth-order valence-electron chi connectivity index (χ4n) is 1.52. The maximum absolute atomic E-state index is 11.4. The summed E-state index contributed by atoms with van der Waals surface area (Å²) in [7, 11) is 0. The van der Waals surface area contributed by atoms with E-state index >= 15 is 0 Å². The summed E-state index contributed by atoms with van der Waals surface area (Å²) in [5.41, 5.74) is 0. The van der Waals surface area contributed by atoms with E-state index in [1.807, 2.05) is 6.92 Å². The fourth-order valence-corrected chi connectivity index (χ4v) is 1.52. The molecule has 1 saturated heterocycles. The van der Waals surface area contributed by atoms with E-state index in [1.54, 1.807) is 4.90 Å². The molecular weight excluding hydrogens is 208 g/mol. The lowest BCUT2D eigenvalue weighted by Crippen LogP contribution is -2.54. The first-order valence-electron chi connectivity index (χ1n) is 5.82. The molecular formula is C11H20N2O3. The number of nitrogens with one attached hydrogen (secondary N) is 1. The molecule has 1 atom stereocenters. The topological polar surface area (TPSA) is 58.6 Å². The van der Waals surface area contributed by atoms with Crippen molar-refractivity contribution in [3.8, 4) is 0 Å². The molecule has 0 spiro atoms. The van der Waals surface area contributed by atoms with Crippen LogP contribution in [0.5, 0.6) is 0 Å². The first-order valence-corrected chi connectivity index (χ1v) is 5.82. The van der Waals surface area contributed by atoms with Gasteiger partial charge in [-0.05, 0) is 6.42 Å². The molecule has 0 saturated carbocycles. The third-order valence-electron chi connectivity index (χ3n) is 2.61. The van der Waals surface area contributed by atoms with Crippen LogP contribution in [0.2, 0.25) is 0 Å². The van der Waals surface area contributed by atoms with Gasteiger partial charge in [0, 0.05) is 19.7 Å². The minimum atomic E-state index is -0.304. The average Bonchev–Trinajstić information content (AvgIpc) is 2.25. The number of amides is 3. The lowest BCUT2D eigenvalue weighted by molar-refractivity contribution is -0.125. The number of carbonyl (C=O) groups is 2. The average molecular weight is 228 g/mol. The normalized spacial score (nSPS) is 21.1. The predicted molar refractivity (Wildman–Crippen MR) is 60.0 cm³/mol. The van der Waals surface area contributed by atoms with E-state index in [9.17, 15) is 9.59 Å². The van der Waals surface area contributed by atoms with Gasteiger partial charge in [-0.2, -0.15) is 0 Å². The van der Waals surface area contributed by atoms with E-state index in [4.69, 9.17) is 4.74 Å². The molecule has 5 heteroatoms. The second kappa shape index (κ2) is 6.48. The number of carbonyl (C=O) groups excluding carboxylic acids is 2. The van der Waals surface area contributed by atoms with Gasteiger partial charge in [0.2, 0.25) is 5.91 Å². The second-order valence-corrected chi connectivity index (χ2v) is 4.11. The van der Waals surface area contributed by atoms with Crippen LogP contribution in [0.15, 0.2) is 0 Å². The number of urea groups is 1. The van der Waals surface area contributed by atoms with Gasteiger partial charge in [-0.15, -0.1) is 0 Å². The van der Waals surface area contributed by atoms with Crippen molar-refractivity contribution in [3.05, 3.63) is 0 Å². The summed E-state index contributed by atoms with van der Waals surface area (Å²) < 4.78 is 5.38. The summed E-state index contributed by atoms with van der Waals surface area (Å²) in [6.07, 6.45) is 2.15. The zero-order valence-corrected chi connectivity index (χ0v) is 9.99. The summed E-state index contributed by atoms with van der Waals surface area (Å²) in [5.74, 6) is -0.318. The number of ether oxygens (including phenoxy) is 1. The SMILES string of the molecule is CCCCOCCN1CC(C)C(=O)NC1=O. The summed E-state index contributed by atoms with van der Waals surface area (Å²) in [6.45, 7) is 6.23. The molecule has 1 fully saturated rings. The molecule has 3 amide bonds. The van der Waals surface area contributed by atoms with Crippen molar-refractivity contribution < 1.29 is 14.3 Å². The highest BCUT2D eigenvalue weighted by Gasteiger charge is 2.28. The van der Waals surface area contributed by atoms with Crippen molar-refractivity contribution in [2.75, 3.05) is 26.3 Å². The summed E-state index contributed by atoms with van der Waals surface area (Å²) in [4.78, 5) is 24.2. The highest BCUT2D eigenvalue weighted by Crippen LogP contribution is 2.06. The lowest BCUT2D eigenvalue weighted by atomic mass is 10.1. The molecule has 0 radical (unpaired) electrons. The number of hydrogen-bond donors (Lipinski definition) is 1. The molecule has 5 nitrogen and oxygen atoms in total. The summed E-state index contributed by atoms with van der Waals surface area (Å²) in [6, 6.07) is -0.304. The summed E-state index contributed by atoms with van der Waals surface area (Å²) in [5, 5.41) is 2.32. The van der Waals surface area contributed by atoms with Gasteiger partial charge < -0.3 is 9.64 Å². The Morgan fingerprint density at radius 3 is 2.88 bits per heavy atom. The van der Waals surface area contributed by atoms with Crippen LogP contribution < -0.4 is 5.32 Å². The van der Waals surface area contributed by atoms with E-state index in [0.29, 0.717) is 19.7 Å². The van der Waals surface area contributed by atoms with Crippen molar-refractivity contribution in [1.82, 2.24) is 10.2 Å². The van der Waals surface area contributed by atoms with Crippen LogP contribution in [0, 0.1) is 5.92 Å². The molecule has 1 rings (SSSR count). The lowest BCUT2D eigenvalue weighted by Gasteiger charge is -2.30. The second-order valence-electron chi connectivity index (χ2n) is 4.11. The van der Waals surface area contributed by atoms with Crippen molar-refractivity contribution in [1.29, 1.82) is 0 Å². The number of rotatable bonds is 6. The van der Waals surface area contributed by atoms with Gasteiger partial charge in [-0.1, -0.05) is 20.3 Å². The first kappa shape index (κ1) is 13.0. The van der Waals surface area contributed by atoms with Crippen LogP contribution in [0.3, 0.4) is 0 Å². The van der Waals surface area contributed by atoms with Crippen LogP contribution in [0.25, 0.3) is 0 Å². The van der Waals surface area contributed by atoms with E-state index in [-0.39, 0.29) is 17.9 Å². The monoisotopic (exact) mass is 228 g/mol. The molecule has 1 heterocycles. The smallest absolute Gasteiger partial charge is 0.324 e. The maximum Gasteiger partial charge on any atom is 0.324 e. The Kier molecular flexibility index (Phi) is 5.25. The predicted octanol–water partition coefficient (Wildman–Crippen LogP) is 0.991. The number of unbranched alkanes of at least 4 members (excludes halogenated alkanes) is 1. The molecule has 1 aliphatic rings. The van der Waals surface area contributed by atoms with Gasteiger partial charge in [0.05, 0.1) is 12.5 Å². The molecule has 0 bridgehead atoms. The van der Waals surface area contributed by atoms with Gasteiger partial charge in [-0.25, -0.2) is 4.79 Å². The standard InChI is InChI=1S/C11H20N2O3/c1-3-4-6-16-7-5-13-8-9(2)10(14)12-11(13)15/h9H,3-8H2,1-2H3,(H,12,14,15). The Labute approximate surface area is 96.1 Å². The minimum Gasteiger partial charge on any atom is -0.380 e. The van der Waals surface area contributed by atoms with Gasteiger partial charge in [0.15, 0.2) is 0 Å². The van der Waals surface area contributed by atoms with Gasteiger partial charge in [0.1, 0.15) is 0 Å². The molecule has 0 aromatic carbocycles. The molecule has 16 heavy (non-hydrogen) atoms. The van der Waals surface area contributed by atoms with Crippen LogP contribution in [-0.4, -0.2) is 43.1 Å². The van der Waals surface area contributed by atoms with Gasteiger partial charge >= 0.3 is 6.03 Å². The van der Waals surface area contributed by atoms with E-state index in [2.05, 4.69) is 12.2 Å². The van der Waals surface area contributed by atoms with E-state index in [1.165, 1.54) is 0 Å². The third kappa shape index (κ3) is 3.81. The van der Waals surface area contributed by atoms with E-state index in [0.717, 1.165) is 19.4 Å². The highest BCUT2D eigenvalue weighted by atomic mass is 16.5. The van der Waals surface area contributed by atoms with Crippen LogP contribution in [0.1, 0.15) is 26.7 Å². The van der Waals surface area contributed by atoms with Gasteiger partial charge in [-0.3, -0.25) is 10.1 Å². The zero-order valence-electron chi connectivity index (χ0n) is 9.99. The molecule has 1 unspecified atom stereocenters. The Bertz CT molecular complexity index is 256. The van der Waals surface area contributed by atoms with Gasteiger partial charge in [0.25, 0.3) is 0 Å². The molecule has 0 aliphatic carbocycles. The van der Waals surface area contributed by atoms with Crippen molar-refractivity contribution in [3.63, 3.8) is 0 Å². The molecule has 1 aliphatic heterocycles. The summed E-state index contributed by atoms with van der Waals surface area (Å²) >= 11 is 0. The first-order chi connectivity index (χ1) is 7.65. The highest BCUT2D eigenvalue weighted by molar-refractivity contribution is 5.97. The van der Waals surface area contributed by atoms with E-state index < -0.39 is 0 Å². The Morgan fingerprint density at radius 1 is 1.44 bits per heavy atom. The molecule has 0 aromatic rings. The van der Waals surface area contributed by atoms with Crippen LogP contribution in [0.4, 0.5) is 4.79 Å². The zero-order chi connectivity index (χ0) is 12.0. The maximum atomic E-state index is 11.4. The number of hydrogen-bond acceptors (Lipinski definition) is 3. The molecule has 92 valence electrons. The minimum absolute atomic E-state index is 0.131. The molecule has 0 aromatic heterocycles. The Morgan fingerprint density at radius 2 is 2.19 bits per heavy atom. The largest absolute Gasteiger partial charge is 0.380 e. The van der Waals surface area contributed by atoms with Crippen molar-refractivity contribution in [2.24, 2.45) is 5.92 Å². The molecule has 1 N–H and O–H groups in total. The Balaban J connectivity index is 2.21. The Hall–Kier alpha value is -1.10. The number of imide groups is 1.